The van der Waals surface area contributed by atoms with Gasteiger partial charge in [0, 0.05) is 11.6 Å². The van der Waals surface area contributed by atoms with Crippen LogP contribution in [-0.4, -0.2) is 37.6 Å². The van der Waals surface area contributed by atoms with E-state index in [-0.39, 0.29) is 0 Å². The predicted molar refractivity (Wildman–Crippen MR) is 94.9 cm³/mol. The van der Waals surface area contributed by atoms with Gasteiger partial charge in [-0.05, 0) is 80.1 Å². The third kappa shape index (κ3) is 2.51. The van der Waals surface area contributed by atoms with Crippen molar-refractivity contribution in [3.05, 3.63) is 27.8 Å². The summed E-state index contributed by atoms with van der Waals surface area (Å²) in [5.74, 6) is 2.14. The lowest BCUT2D eigenvalue weighted by Crippen LogP contribution is -2.49. The molecule has 3 aliphatic heterocycles. The molecule has 4 aliphatic rings. The number of hydrogen-bond donors (Lipinski definition) is 1. The molecular formula is C19H25ClN2O2. The van der Waals surface area contributed by atoms with E-state index in [2.05, 4.69) is 4.90 Å². The molecule has 3 saturated heterocycles. The van der Waals surface area contributed by atoms with Crippen molar-refractivity contribution < 1.29 is 9.53 Å². The Morgan fingerprint density at radius 2 is 2.08 bits per heavy atom. The lowest BCUT2D eigenvalue weighted by molar-refractivity contribution is 0.0333. The largest absolute Gasteiger partial charge is 0.496 e. The number of primary amides is 1. The maximum Gasteiger partial charge on any atom is 0.252 e. The second kappa shape index (κ2) is 6.23. The molecule has 0 radical (unpaired) electrons. The smallest absolute Gasteiger partial charge is 0.252 e. The fourth-order valence-corrected chi connectivity index (χ4v) is 5.67. The van der Waals surface area contributed by atoms with Crippen LogP contribution >= 0.6 is 11.6 Å². The number of nitrogens with zero attached hydrogens (tertiary/aromatic N) is 1. The molecule has 1 aromatic rings. The number of piperidine rings is 3. The van der Waals surface area contributed by atoms with Crippen LogP contribution in [0.4, 0.5) is 0 Å². The van der Waals surface area contributed by atoms with Gasteiger partial charge in [-0.1, -0.05) is 11.6 Å². The van der Waals surface area contributed by atoms with Gasteiger partial charge in [-0.15, -0.1) is 0 Å². The number of halogens is 1. The summed E-state index contributed by atoms with van der Waals surface area (Å²) in [6.07, 6.45) is 5.84. The van der Waals surface area contributed by atoms with Crippen molar-refractivity contribution in [2.45, 2.75) is 38.0 Å². The summed E-state index contributed by atoms with van der Waals surface area (Å²) in [5, 5.41) is 0.695. The lowest BCUT2D eigenvalue weighted by atomic mass is 9.66. The molecule has 2 N–H and O–H groups in total. The maximum absolute atomic E-state index is 11.8. The minimum atomic E-state index is -0.471. The van der Waals surface area contributed by atoms with Crippen LogP contribution in [0, 0.1) is 11.8 Å². The van der Waals surface area contributed by atoms with E-state index in [0.717, 1.165) is 24.3 Å². The molecule has 130 valence electrons. The van der Waals surface area contributed by atoms with Gasteiger partial charge in [-0.25, -0.2) is 0 Å². The number of methoxy groups -OCH3 is 1. The van der Waals surface area contributed by atoms with Gasteiger partial charge in [-0.3, -0.25) is 4.79 Å². The number of rotatable bonds is 3. The molecule has 4 nitrogen and oxygen atoms in total. The first-order valence-corrected chi connectivity index (χ1v) is 9.39. The Kier molecular flexibility index (Phi) is 4.21. The zero-order chi connectivity index (χ0) is 16.8. The number of ether oxygens (including phenoxy) is 1. The van der Waals surface area contributed by atoms with Crippen molar-refractivity contribution in [2.75, 3.05) is 26.7 Å². The van der Waals surface area contributed by atoms with Gasteiger partial charge in [0.05, 0.1) is 12.7 Å². The molecule has 1 aromatic carbocycles. The van der Waals surface area contributed by atoms with Crippen molar-refractivity contribution in [1.82, 2.24) is 4.90 Å². The normalized spacial score (nSPS) is 31.6. The second-order valence-corrected chi connectivity index (χ2v) is 7.90. The van der Waals surface area contributed by atoms with E-state index >= 15 is 0 Å². The summed E-state index contributed by atoms with van der Waals surface area (Å²) in [4.78, 5) is 14.4. The van der Waals surface area contributed by atoms with Crippen LogP contribution in [0.1, 0.15) is 53.1 Å². The van der Waals surface area contributed by atoms with Crippen LogP contribution < -0.4 is 10.5 Å². The van der Waals surface area contributed by atoms with Gasteiger partial charge in [0.15, 0.2) is 0 Å². The summed E-state index contributed by atoms with van der Waals surface area (Å²) < 4.78 is 5.59. The number of benzene rings is 1. The Balaban J connectivity index is 1.79. The summed E-state index contributed by atoms with van der Waals surface area (Å²) in [6.45, 7) is 3.68. The highest BCUT2D eigenvalue weighted by Gasteiger charge is 2.41. The zero-order valence-corrected chi connectivity index (χ0v) is 14.9. The molecule has 5 heteroatoms. The fraction of sp³-hybridized carbons (Fsp3) is 0.632. The predicted octanol–water partition coefficient (Wildman–Crippen LogP) is 3.21. The van der Waals surface area contributed by atoms with E-state index in [9.17, 15) is 4.79 Å². The van der Waals surface area contributed by atoms with Gasteiger partial charge < -0.3 is 15.4 Å². The van der Waals surface area contributed by atoms with E-state index in [1.54, 1.807) is 13.2 Å². The molecule has 3 heterocycles. The monoisotopic (exact) mass is 348 g/mol. The summed E-state index contributed by atoms with van der Waals surface area (Å²) in [5.41, 5.74) is 8.29. The van der Waals surface area contributed by atoms with E-state index in [4.69, 9.17) is 22.1 Å². The van der Waals surface area contributed by atoms with Gasteiger partial charge in [-0.2, -0.15) is 0 Å². The van der Waals surface area contributed by atoms with Crippen molar-refractivity contribution >= 4 is 17.5 Å². The van der Waals surface area contributed by atoms with Gasteiger partial charge in [0.25, 0.3) is 5.91 Å². The minimum Gasteiger partial charge on any atom is -0.496 e. The van der Waals surface area contributed by atoms with Crippen molar-refractivity contribution in [1.29, 1.82) is 0 Å². The van der Waals surface area contributed by atoms with Crippen LogP contribution in [0.15, 0.2) is 6.07 Å². The van der Waals surface area contributed by atoms with E-state index < -0.39 is 5.91 Å². The zero-order valence-electron chi connectivity index (χ0n) is 14.2. The molecule has 2 unspecified atom stereocenters. The Hall–Kier alpha value is -1.26. The lowest BCUT2D eigenvalue weighted by Gasteiger charge is -2.49. The Labute approximate surface area is 148 Å². The first kappa shape index (κ1) is 16.2. The van der Waals surface area contributed by atoms with Crippen LogP contribution in [0.2, 0.25) is 5.02 Å². The molecule has 0 saturated carbocycles. The number of fused-ring (bicyclic) bond motifs is 4. The molecule has 2 bridgehead atoms. The highest BCUT2D eigenvalue weighted by molar-refractivity contribution is 6.32. The average Bonchev–Trinajstić information content (AvgIpc) is 2.62. The van der Waals surface area contributed by atoms with Crippen molar-refractivity contribution in [2.24, 2.45) is 17.6 Å². The molecule has 2 atom stereocenters. The van der Waals surface area contributed by atoms with Crippen molar-refractivity contribution in [3.8, 4) is 5.75 Å². The first-order chi connectivity index (χ1) is 11.6. The molecule has 5 rings (SSSR count). The maximum atomic E-state index is 11.8. The standard InChI is InChI=1S/C19H25ClN2O2/c1-24-18-13-4-2-3-12(15-10-22-7-5-11(15)6-8-22)17(13)16(20)9-14(18)19(21)23/h9,11-12,15H,2-8,10H2,1H3,(H2,21,23). The molecule has 0 aromatic heterocycles. The highest BCUT2D eigenvalue weighted by atomic mass is 35.5. The molecule has 0 spiro atoms. The third-order valence-corrected chi connectivity index (χ3v) is 6.69. The van der Waals surface area contributed by atoms with Crippen molar-refractivity contribution in [3.63, 3.8) is 0 Å². The SMILES string of the molecule is COc1c(C(N)=O)cc(Cl)c2c1CCCC2C1CN2CCC1CC2. The molecule has 1 aliphatic carbocycles. The first-order valence-electron chi connectivity index (χ1n) is 9.01. The molecule has 24 heavy (non-hydrogen) atoms. The second-order valence-electron chi connectivity index (χ2n) is 7.50. The molecule has 3 fully saturated rings. The van der Waals surface area contributed by atoms with Crippen LogP contribution in [0.5, 0.6) is 5.75 Å². The summed E-state index contributed by atoms with van der Waals surface area (Å²) in [6, 6.07) is 1.72. The number of carbonyl (C=O) groups excluding carboxylic acids is 1. The highest BCUT2D eigenvalue weighted by Crippen LogP contribution is 2.50. The van der Waals surface area contributed by atoms with E-state index in [1.807, 2.05) is 0 Å². The molecular weight excluding hydrogens is 324 g/mol. The van der Waals surface area contributed by atoms with Crippen LogP contribution in [-0.2, 0) is 6.42 Å². The Bertz CT molecular complexity index is 668. The average molecular weight is 349 g/mol. The number of hydrogen-bond acceptors (Lipinski definition) is 3. The number of nitrogens with two attached hydrogens (primary N) is 1. The van der Waals surface area contributed by atoms with E-state index in [1.165, 1.54) is 44.5 Å². The van der Waals surface area contributed by atoms with Gasteiger partial charge in [0.2, 0.25) is 0 Å². The number of carbonyl (C=O) groups is 1. The third-order valence-electron chi connectivity index (χ3n) is 6.38. The minimum absolute atomic E-state index is 0.413. The van der Waals surface area contributed by atoms with Gasteiger partial charge in [0.1, 0.15) is 5.75 Å². The Morgan fingerprint density at radius 1 is 1.33 bits per heavy atom. The van der Waals surface area contributed by atoms with E-state index in [0.29, 0.717) is 28.2 Å². The number of amides is 1. The molecule has 1 amide bonds. The fourth-order valence-electron chi connectivity index (χ4n) is 5.30. The summed E-state index contributed by atoms with van der Waals surface area (Å²) >= 11 is 6.66. The van der Waals surface area contributed by atoms with Crippen LogP contribution in [0.25, 0.3) is 0 Å². The van der Waals surface area contributed by atoms with Gasteiger partial charge >= 0.3 is 0 Å². The van der Waals surface area contributed by atoms with Crippen LogP contribution in [0.3, 0.4) is 0 Å². The summed E-state index contributed by atoms with van der Waals surface area (Å²) in [7, 11) is 1.62. The quantitative estimate of drug-likeness (QED) is 0.912. The Morgan fingerprint density at radius 3 is 2.67 bits per heavy atom. The topological polar surface area (TPSA) is 55.6 Å².